The van der Waals surface area contributed by atoms with Crippen LogP contribution in [0.1, 0.15) is 13.8 Å². The normalized spacial score (nSPS) is 11.4. The molecule has 4 heteroatoms. The molecule has 0 amide bonds. The van der Waals surface area contributed by atoms with Crippen molar-refractivity contribution in [1.82, 2.24) is 0 Å². The van der Waals surface area contributed by atoms with Crippen molar-refractivity contribution in [3.05, 3.63) is 23.2 Å². The van der Waals surface area contributed by atoms with Gasteiger partial charge in [0.1, 0.15) is 0 Å². The fraction of sp³-hybridized carbons (Fsp3) is 0.400. The maximum absolute atomic E-state index is 9.50. The van der Waals surface area contributed by atoms with E-state index in [4.69, 9.17) is 17.3 Å². The molecule has 1 aromatic rings. The Morgan fingerprint density at radius 2 is 2.14 bits per heavy atom. The topological polar surface area (TPSA) is 58.3 Å². The third-order valence-corrected chi connectivity index (χ3v) is 2.09. The molecule has 4 N–H and O–H groups in total. The maximum Gasteiger partial charge on any atom is 0.0763 e. The first-order chi connectivity index (χ1) is 6.40. The SMILES string of the molecule is CC(C)(O)CNc1cccc(Cl)c1N. The summed E-state index contributed by atoms with van der Waals surface area (Å²) in [4.78, 5) is 0. The van der Waals surface area contributed by atoms with Gasteiger partial charge in [0.15, 0.2) is 0 Å². The third-order valence-electron chi connectivity index (χ3n) is 1.76. The number of para-hydroxylation sites is 1. The second kappa shape index (κ2) is 4.07. The van der Waals surface area contributed by atoms with Gasteiger partial charge in [-0.25, -0.2) is 0 Å². The second-order valence-corrected chi connectivity index (χ2v) is 4.27. The highest BCUT2D eigenvalue weighted by atomic mass is 35.5. The zero-order valence-corrected chi connectivity index (χ0v) is 9.10. The van der Waals surface area contributed by atoms with E-state index < -0.39 is 5.60 Å². The number of anilines is 2. The number of aliphatic hydroxyl groups is 1. The van der Waals surface area contributed by atoms with Crippen molar-refractivity contribution in [3.8, 4) is 0 Å². The van der Waals surface area contributed by atoms with Crippen LogP contribution in [0.5, 0.6) is 0 Å². The second-order valence-electron chi connectivity index (χ2n) is 3.87. The smallest absolute Gasteiger partial charge is 0.0763 e. The molecule has 0 aromatic heterocycles. The summed E-state index contributed by atoms with van der Waals surface area (Å²) in [7, 11) is 0. The minimum atomic E-state index is -0.769. The lowest BCUT2D eigenvalue weighted by atomic mass is 10.1. The van der Waals surface area contributed by atoms with Crippen LogP contribution in [0.2, 0.25) is 5.02 Å². The molecule has 0 heterocycles. The first kappa shape index (κ1) is 11.1. The molecule has 0 saturated carbocycles. The molecular formula is C10H15ClN2O. The Bertz CT molecular complexity index is 320. The molecular weight excluding hydrogens is 200 g/mol. The predicted molar refractivity (Wildman–Crippen MR) is 60.7 cm³/mol. The molecule has 0 bridgehead atoms. The Morgan fingerprint density at radius 1 is 1.50 bits per heavy atom. The molecule has 0 aliphatic heterocycles. The molecule has 0 saturated heterocycles. The van der Waals surface area contributed by atoms with Crippen LogP contribution >= 0.6 is 11.6 Å². The Labute approximate surface area is 88.9 Å². The van der Waals surface area contributed by atoms with Crippen molar-refractivity contribution < 1.29 is 5.11 Å². The summed E-state index contributed by atoms with van der Waals surface area (Å²) < 4.78 is 0. The van der Waals surface area contributed by atoms with E-state index in [0.29, 0.717) is 17.3 Å². The molecule has 14 heavy (non-hydrogen) atoms. The summed E-state index contributed by atoms with van der Waals surface area (Å²) in [6.07, 6.45) is 0. The lowest BCUT2D eigenvalue weighted by molar-refractivity contribution is 0.0945. The van der Waals surface area contributed by atoms with Crippen LogP contribution in [0, 0.1) is 0 Å². The van der Waals surface area contributed by atoms with E-state index >= 15 is 0 Å². The molecule has 0 spiro atoms. The van der Waals surface area contributed by atoms with E-state index in [1.54, 1.807) is 19.9 Å². The summed E-state index contributed by atoms with van der Waals surface area (Å²) in [5.74, 6) is 0. The van der Waals surface area contributed by atoms with Crippen molar-refractivity contribution >= 4 is 23.0 Å². The number of benzene rings is 1. The van der Waals surface area contributed by atoms with Gasteiger partial charge in [-0.05, 0) is 26.0 Å². The van der Waals surface area contributed by atoms with E-state index in [2.05, 4.69) is 5.32 Å². The number of nitrogen functional groups attached to an aromatic ring is 1. The van der Waals surface area contributed by atoms with Crippen molar-refractivity contribution in [2.45, 2.75) is 19.4 Å². The van der Waals surface area contributed by atoms with Crippen LogP contribution in [-0.2, 0) is 0 Å². The largest absolute Gasteiger partial charge is 0.396 e. The number of hydrogen-bond acceptors (Lipinski definition) is 3. The summed E-state index contributed by atoms with van der Waals surface area (Å²) in [5, 5.41) is 13.1. The standard InChI is InChI=1S/C10H15ClN2O/c1-10(2,14)6-13-8-5-3-4-7(11)9(8)12/h3-5,13-14H,6,12H2,1-2H3. The highest BCUT2D eigenvalue weighted by molar-refractivity contribution is 6.33. The Balaban J connectivity index is 2.73. The molecule has 0 aliphatic rings. The molecule has 0 radical (unpaired) electrons. The van der Waals surface area contributed by atoms with Gasteiger partial charge in [-0.3, -0.25) is 0 Å². The van der Waals surface area contributed by atoms with Crippen molar-refractivity contribution in [2.75, 3.05) is 17.6 Å². The summed E-state index contributed by atoms with van der Waals surface area (Å²) in [6.45, 7) is 3.87. The molecule has 3 nitrogen and oxygen atoms in total. The van der Waals surface area contributed by atoms with Crippen LogP contribution < -0.4 is 11.1 Å². The predicted octanol–water partition coefficient (Wildman–Crippen LogP) is 2.10. The number of hydrogen-bond donors (Lipinski definition) is 3. The third kappa shape index (κ3) is 3.09. The van der Waals surface area contributed by atoms with Gasteiger partial charge in [-0.1, -0.05) is 17.7 Å². The lowest BCUT2D eigenvalue weighted by Crippen LogP contribution is -2.29. The summed E-state index contributed by atoms with van der Waals surface area (Å²) in [6, 6.07) is 5.37. The van der Waals surface area contributed by atoms with E-state index in [1.165, 1.54) is 0 Å². The Hall–Kier alpha value is -0.930. The van der Waals surface area contributed by atoms with Gasteiger partial charge in [-0.15, -0.1) is 0 Å². The molecule has 1 rings (SSSR count). The van der Waals surface area contributed by atoms with Crippen LogP contribution in [0.3, 0.4) is 0 Å². The Morgan fingerprint density at radius 3 is 2.71 bits per heavy atom. The fourth-order valence-electron chi connectivity index (χ4n) is 1.00. The Kier molecular flexibility index (Phi) is 3.24. The number of halogens is 1. The van der Waals surface area contributed by atoms with Crippen LogP contribution in [0.4, 0.5) is 11.4 Å². The van der Waals surface area contributed by atoms with Gasteiger partial charge in [0.2, 0.25) is 0 Å². The highest BCUT2D eigenvalue weighted by Gasteiger charge is 2.12. The zero-order valence-electron chi connectivity index (χ0n) is 8.34. The molecule has 78 valence electrons. The number of rotatable bonds is 3. The molecule has 0 aliphatic carbocycles. The summed E-state index contributed by atoms with van der Waals surface area (Å²) >= 11 is 5.84. The minimum absolute atomic E-state index is 0.428. The summed E-state index contributed by atoms with van der Waals surface area (Å²) in [5.41, 5.74) is 6.23. The molecule has 0 unspecified atom stereocenters. The van der Waals surface area contributed by atoms with Gasteiger partial charge in [-0.2, -0.15) is 0 Å². The van der Waals surface area contributed by atoms with Crippen LogP contribution in [0.25, 0.3) is 0 Å². The molecule has 1 aromatic carbocycles. The van der Waals surface area contributed by atoms with Gasteiger partial charge in [0.05, 0.1) is 22.0 Å². The van der Waals surface area contributed by atoms with Gasteiger partial charge in [0, 0.05) is 6.54 Å². The quantitative estimate of drug-likeness (QED) is 0.676. The highest BCUT2D eigenvalue weighted by Crippen LogP contribution is 2.26. The first-order valence-corrected chi connectivity index (χ1v) is 4.78. The van der Waals surface area contributed by atoms with Crippen LogP contribution in [-0.4, -0.2) is 17.3 Å². The lowest BCUT2D eigenvalue weighted by Gasteiger charge is -2.19. The zero-order chi connectivity index (χ0) is 10.8. The van der Waals surface area contributed by atoms with E-state index in [0.717, 1.165) is 5.69 Å². The van der Waals surface area contributed by atoms with Gasteiger partial charge in [0.25, 0.3) is 0 Å². The van der Waals surface area contributed by atoms with Crippen molar-refractivity contribution in [3.63, 3.8) is 0 Å². The monoisotopic (exact) mass is 214 g/mol. The maximum atomic E-state index is 9.50. The number of nitrogens with two attached hydrogens (primary N) is 1. The number of nitrogens with one attached hydrogen (secondary N) is 1. The first-order valence-electron chi connectivity index (χ1n) is 4.40. The van der Waals surface area contributed by atoms with Gasteiger partial charge < -0.3 is 16.2 Å². The average molecular weight is 215 g/mol. The fourth-order valence-corrected chi connectivity index (χ4v) is 1.18. The molecule has 0 atom stereocenters. The van der Waals surface area contributed by atoms with E-state index in [-0.39, 0.29) is 0 Å². The molecule has 0 fully saturated rings. The minimum Gasteiger partial charge on any atom is -0.396 e. The van der Waals surface area contributed by atoms with Crippen molar-refractivity contribution in [1.29, 1.82) is 0 Å². The van der Waals surface area contributed by atoms with Crippen molar-refractivity contribution in [2.24, 2.45) is 0 Å². The van der Waals surface area contributed by atoms with E-state index in [1.807, 2.05) is 12.1 Å². The average Bonchev–Trinajstić information content (AvgIpc) is 2.06. The van der Waals surface area contributed by atoms with Gasteiger partial charge >= 0.3 is 0 Å². The van der Waals surface area contributed by atoms with Crippen LogP contribution in [0.15, 0.2) is 18.2 Å². The van der Waals surface area contributed by atoms with E-state index in [9.17, 15) is 5.11 Å².